The van der Waals surface area contributed by atoms with Crippen LogP contribution < -0.4 is 4.90 Å². The van der Waals surface area contributed by atoms with E-state index in [0.717, 1.165) is 22.0 Å². The summed E-state index contributed by atoms with van der Waals surface area (Å²) in [5, 5.41) is 0.768. The first-order valence-corrected chi connectivity index (χ1v) is 11.3. The smallest absolute Gasteiger partial charge is 0.0578 e. The molecule has 0 spiro atoms. The highest BCUT2D eigenvalue weighted by Gasteiger charge is 2.33. The molecule has 2 aromatic rings. The van der Waals surface area contributed by atoms with E-state index >= 15 is 0 Å². The Bertz CT molecular complexity index is 764. The van der Waals surface area contributed by atoms with Crippen LogP contribution in [0.25, 0.3) is 0 Å². The van der Waals surface area contributed by atoms with E-state index in [2.05, 4.69) is 74.6 Å². The van der Waals surface area contributed by atoms with Gasteiger partial charge in [-0.15, -0.1) is 0 Å². The number of likely N-dealkylation sites (N-methyl/N-ethyl adjacent to an activating group) is 1. The molecule has 138 valence electrons. The fourth-order valence-corrected chi connectivity index (χ4v) is 6.01. The zero-order valence-corrected chi connectivity index (χ0v) is 18.2. The highest BCUT2D eigenvalue weighted by molar-refractivity contribution is 9.10. The fourth-order valence-electron chi connectivity index (χ4n) is 4.24. The highest BCUT2D eigenvalue weighted by Crippen LogP contribution is 2.45. The van der Waals surface area contributed by atoms with Crippen molar-refractivity contribution >= 4 is 50.9 Å². The molecule has 0 radical (unpaired) electrons. The Morgan fingerprint density at radius 3 is 2.54 bits per heavy atom. The SMILES string of the molecule is CN1Sc2cc(Br)c(Cl)cc2N(c2ccccc2)C[C@H]1C1CCCCC1. The predicted octanol–water partition coefficient (Wildman–Crippen LogP) is 7.14. The Kier molecular flexibility index (Phi) is 5.84. The summed E-state index contributed by atoms with van der Waals surface area (Å²) in [6.07, 6.45) is 6.83. The third-order valence-corrected chi connectivity index (χ3v) is 7.91. The average Bonchev–Trinajstić information content (AvgIpc) is 2.80. The lowest BCUT2D eigenvalue weighted by Crippen LogP contribution is -2.42. The van der Waals surface area contributed by atoms with E-state index in [9.17, 15) is 0 Å². The van der Waals surface area contributed by atoms with E-state index in [4.69, 9.17) is 11.6 Å². The second-order valence-corrected chi connectivity index (χ2v) is 9.74. The quantitative estimate of drug-likeness (QED) is 0.448. The molecular formula is C21H24BrClN2S. The van der Waals surface area contributed by atoms with Gasteiger partial charge in [0.25, 0.3) is 0 Å². The Morgan fingerprint density at radius 1 is 1.08 bits per heavy atom. The van der Waals surface area contributed by atoms with Crippen LogP contribution in [0, 0.1) is 5.92 Å². The van der Waals surface area contributed by atoms with Crippen LogP contribution in [0.4, 0.5) is 11.4 Å². The van der Waals surface area contributed by atoms with Crippen LogP contribution in [0.2, 0.25) is 5.02 Å². The average molecular weight is 452 g/mol. The van der Waals surface area contributed by atoms with Crippen LogP contribution in [-0.2, 0) is 0 Å². The number of halogens is 2. The monoisotopic (exact) mass is 450 g/mol. The summed E-state index contributed by atoms with van der Waals surface area (Å²) < 4.78 is 3.45. The molecule has 1 fully saturated rings. The highest BCUT2D eigenvalue weighted by atomic mass is 79.9. The van der Waals surface area contributed by atoms with Gasteiger partial charge >= 0.3 is 0 Å². The van der Waals surface area contributed by atoms with Crippen LogP contribution in [0.15, 0.2) is 51.8 Å². The number of rotatable bonds is 2. The van der Waals surface area contributed by atoms with Gasteiger partial charge in [0, 0.05) is 27.6 Å². The van der Waals surface area contributed by atoms with E-state index in [1.54, 1.807) is 0 Å². The summed E-state index contributed by atoms with van der Waals surface area (Å²) >= 11 is 11.9. The minimum absolute atomic E-state index is 0.533. The van der Waals surface area contributed by atoms with Gasteiger partial charge < -0.3 is 4.90 Å². The molecule has 4 rings (SSSR count). The van der Waals surface area contributed by atoms with Crippen LogP contribution in [0.3, 0.4) is 0 Å². The number of nitrogens with zero attached hydrogens (tertiary/aromatic N) is 2. The molecule has 1 saturated carbocycles. The molecule has 2 nitrogen and oxygen atoms in total. The lowest BCUT2D eigenvalue weighted by Gasteiger charge is -2.37. The third kappa shape index (κ3) is 3.80. The molecule has 0 saturated heterocycles. The molecular weight excluding hydrogens is 428 g/mol. The van der Waals surface area contributed by atoms with E-state index in [1.165, 1.54) is 48.4 Å². The van der Waals surface area contributed by atoms with Gasteiger partial charge in [-0.2, -0.15) is 0 Å². The van der Waals surface area contributed by atoms with Crippen molar-refractivity contribution in [3.63, 3.8) is 0 Å². The van der Waals surface area contributed by atoms with Crippen LogP contribution in [-0.4, -0.2) is 23.9 Å². The zero-order chi connectivity index (χ0) is 18.1. The number of anilines is 2. The van der Waals surface area contributed by atoms with E-state index < -0.39 is 0 Å². The van der Waals surface area contributed by atoms with Crippen molar-refractivity contribution in [1.29, 1.82) is 0 Å². The topological polar surface area (TPSA) is 6.48 Å². The van der Waals surface area contributed by atoms with E-state index in [1.807, 2.05) is 11.9 Å². The Labute approximate surface area is 174 Å². The second-order valence-electron chi connectivity index (χ2n) is 7.28. The van der Waals surface area contributed by atoms with Gasteiger partial charge in [-0.05, 0) is 78.0 Å². The summed E-state index contributed by atoms with van der Waals surface area (Å²) in [5.41, 5.74) is 2.45. The van der Waals surface area contributed by atoms with Crippen LogP contribution in [0.5, 0.6) is 0 Å². The maximum atomic E-state index is 6.48. The fraction of sp³-hybridized carbons (Fsp3) is 0.429. The van der Waals surface area contributed by atoms with Crippen molar-refractivity contribution in [2.75, 3.05) is 18.5 Å². The molecule has 2 aliphatic rings. The molecule has 2 aromatic carbocycles. The summed E-state index contributed by atoms with van der Waals surface area (Å²) in [6.45, 7) is 1.00. The largest absolute Gasteiger partial charge is 0.339 e. The van der Waals surface area contributed by atoms with Crippen molar-refractivity contribution in [3.8, 4) is 0 Å². The summed E-state index contributed by atoms with van der Waals surface area (Å²) in [5.74, 6) is 0.765. The van der Waals surface area contributed by atoms with Gasteiger partial charge in [0.1, 0.15) is 0 Å². The molecule has 26 heavy (non-hydrogen) atoms. The Hall–Kier alpha value is -0.680. The van der Waals surface area contributed by atoms with Crippen molar-refractivity contribution in [1.82, 2.24) is 4.31 Å². The molecule has 0 N–H and O–H groups in total. The molecule has 5 heteroatoms. The standard InChI is InChI=1S/C21H24BrClN2S/c1-24-20(15-8-4-2-5-9-15)14-25(16-10-6-3-7-11-16)19-13-18(23)17(22)12-21(19)26-24/h3,6-7,10-13,15,20H,2,4-5,8-9,14H2,1H3/t20-/m0/s1. The minimum atomic E-state index is 0.533. The van der Waals surface area contributed by atoms with Crippen molar-refractivity contribution in [3.05, 3.63) is 52.0 Å². The van der Waals surface area contributed by atoms with E-state index in [0.29, 0.717) is 6.04 Å². The Balaban J connectivity index is 1.77. The molecule has 1 aliphatic carbocycles. The van der Waals surface area contributed by atoms with Gasteiger partial charge in [0.15, 0.2) is 0 Å². The zero-order valence-electron chi connectivity index (χ0n) is 15.0. The molecule has 1 aliphatic heterocycles. The maximum absolute atomic E-state index is 6.48. The van der Waals surface area contributed by atoms with Gasteiger partial charge in [0.2, 0.25) is 0 Å². The van der Waals surface area contributed by atoms with Gasteiger partial charge in [-0.25, -0.2) is 4.31 Å². The summed E-state index contributed by atoms with van der Waals surface area (Å²) in [7, 11) is 2.25. The molecule has 0 unspecified atom stereocenters. The first kappa shape index (κ1) is 18.7. The Morgan fingerprint density at radius 2 is 1.81 bits per heavy atom. The number of para-hydroxylation sites is 1. The number of benzene rings is 2. The first-order valence-electron chi connectivity index (χ1n) is 9.36. The van der Waals surface area contributed by atoms with Crippen molar-refractivity contribution in [2.24, 2.45) is 5.92 Å². The van der Waals surface area contributed by atoms with E-state index in [-0.39, 0.29) is 0 Å². The number of fused-ring (bicyclic) bond motifs is 1. The summed E-state index contributed by atoms with van der Waals surface area (Å²) in [4.78, 5) is 3.72. The third-order valence-electron chi connectivity index (χ3n) is 5.63. The van der Waals surface area contributed by atoms with Gasteiger partial charge in [-0.1, -0.05) is 49.1 Å². The van der Waals surface area contributed by atoms with Crippen molar-refractivity contribution in [2.45, 2.75) is 43.0 Å². The van der Waals surface area contributed by atoms with Crippen LogP contribution in [0.1, 0.15) is 32.1 Å². The lowest BCUT2D eigenvalue weighted by molar-refractivity contribution is 0.228. The molecule has 0 aromatic heterocycles. The first-order chi connectivity index (χ1) is 12.6. The van der Waals surface area contributed by atoms with Crippen molar-refractivity contribution < 1.29 is 0 Å². The molecule has 0 bridgehead atoms. The number of hydrogen-bond donors (Lipinski definition) is 0. The summed E-state index contributed by atoms with van der Waals surface area (Å²) in [6, 6.07) is 15.5. The second kappa shape index (κ2) is 8.14. The predicted molar refractivity (Wildman–Crippen MR) is 117 cm³/mol. The van der Waals surface area contributed by atoms with Crippen LogP contribution >= 0.6 is 39.5 Å². The molecule has 1 atom stereocenters. The maximum Gasteiger partial charge on any atom is 0.0578 e. The number of hydrogen-bond acceptors (Lipinski definition) is 3. The molecule has 0 amide bonds. The minimum Gasteiger partial charge on any atom is -0.339 e. The molecule has 1 heterocycles. The van der Waals surface area contributed by atoms with Gasteiger partial charge in [-0.3, -0.25) is 0 Å². The van der Waals surface area contributed by atoms with Gasteiger partial charge in [0.05, 0.1) is 10.7 Å². The lowest BCUT2D eigenvalue weighted by atomic mass is 9.83. The normalized spacial score (nSPS) is 22.1.